The first-order chi connectivity index (χ1) is 10.3. The molecule has 0 saturated carbocycles. The van der Waals surface area contributed by atoms with Crippen LogP contribution >= 0.6 is 0 Å². The van der Waals surface area contributed by atoms with Crippen molar-refractivity contribution in [3.8, 4) is 0 Å². The van der Waals surface area contributed by atoms with Gasteiger partial charge in [-0.15, -0.1) is 0 Å². The van der Waals surface area contributed by atoms with Gasteiger partial charge in [0.2, 0.25) is 0 Å². The molecule has 1 aromatic heterocycles. The van der Waals surface area contributed by atoms with E-state index in [1.807, 2.05) is 48.7 Å². The summed E-state index contributed by atoms with van der Waals surface area (Å²) in [5, 5.41) is 8.65. The number of nitrogens with one attached hydrogen (secondary N) is 2. The van der Waals surface area contributed by atoms with Crippen molar-refractivity contribution in [2.75, 3.05) is 0 Å². The molecule has 1 atom stereocenters. The highest BCUT2D eigenvalue weighted by atomic mass is 14.9. The van der Waals surface area contributed by atoms with Gasteiger partial charge in [0.15, 0.2) is 0 Å². The van der Waals surface area contributed by atoms with Crippen molar-refractivity contribution in [3.05, 3.63) is 65.7 Å². The van der Waals surface area contributed by atoms with Gasteiger partial charge in [0.05, 0.1) is 0 Å². The first-order valence-corrected chi connectivity index (χ1v) is 7.00. The molecule has 1 unspecified atom stereocenters. The van der Waals surface area contributed by atoms with Crippen molar-refractivity contribution in [1.29, 1.82) is 5.41 Å². The van der Waals surface area contributed by atoms with Crippen molar-refractivity contribution in [1.82, 2.24) is 4.98 Å². The number of para-hydroxylation sites is 1. The normalized spacial score (nSPS) is 12.8. The van der Waals surface area contributed by atoms with E-state index in [0.717, 1.165) is 22.3 Å². The number of hydrogen-bond donors (Lipinski definition) is 2. The molecule has 2 N–H and O–H groups in total. The number of aromatic nitrogens is 1. The van der Waals surface area contributed by atoms with E-state index in [2.05, 4.69) is 29.0 Å². The Morgan fingerprint density at radius 1 is 1.05 bits per heavy atom. The van der Waals surface area contributed by atoms with E-state index in [4.69, 9.17) is 5.41 Å². The van der Waals surface area contributed by atoms with E-state index in [-0.39, 0.29) is 5.92 Å². The first kappa shape index (κ1) is 13.3. The SMILES string of the molecule is CC(/C=N\c1[nH]c2ccccc2c1C=N)c1ccccc1. The van der Waals surface area contributed by atoms with Crippen LogP contribution in [0.1, 0.15) is 24.0 Å². The number of hydrogen-bond acceptors (Lipinski definition) is 2. The van der Waals surface area contributed by atoms with E-state index in [0.29, 0.717) is 0 Å². The second kappa shape index (κ2) is 5.75. The molecule has 0 fully saturated rings. The van der Waals surface area contributed by atoms with E-state index in [1.165, 1.54) is 11.8 Å². The minimum Gasteiger partial charge on any atom is -0.339 e. The minimum absolute atomic E-state index is 0.233. The Labute approximate surface area is 123 Å². The fourth-order valence-corrected chi connectivity index (χ4v) is 2.43. The van der Waals surface area contributed by atoms with Gasteiger partial charge in [-0.25, -0.2) is 4.99 Å². The van der Waals surface area contributed by atoms with Gasteiger partial charge in [-0.1, -0.05) is 55.5 Å². The van der Waals surface area contributed by atoms with Crippen LogP contribution in [-0.4, -0.2) is 17.4 Å². The van der Waals surface area contributed by atoms with Crippen molar-refractivity contribution in [2.45, 2.75) is 12.8 Å². The average molecular weight is 275 g/mol. The van der Waals surface area contributed by atoms with Gasteiger partial charge in [-0.2, -0.15) is 0 Å². The monoisotopic (exact) mass is 275 g/mol. The lowest BCUT2D eigenvalue weighted by molar-refractivity contribution is 1.04. The largest absolute Gasteiger partial charge is 0.339 e. The Morgan fingerprint density at radius 3 is 2.52 bits per heavy atom. The molecule has 0 bridgehead atoms. The summed E-state index contributed by atoms with van der Waals surface area (Å²) in [7, 11) is 0. The number of fused-ring (bicyclic) bond motifs is 1. The molecule has 104 valence electrons. The maximum Gasteiger partial charge on any atom is 0.139 e. The summed E-state index contributed by atoms with van der Waals surface area (Å²) in [4.78, 5) is 7.83. The summed E-state index contributed by atoms with van der Waals surface area (Å²) in [6, 6.07) is 18.2. The van der Waals surface area contributed by atoms with Gasteiger partial charge in [0.1, 0.15) is 5.82 Å². The van der Waals surface area contributed by atoms with Crippen LogP contribution < -0.4 is 0 Å². The molecule has 0 radical (unpaired) electrons. The van der Waals surface area contributed by atoms with Crippen LogP contribution in [0.25, 0.3) is 10.9 Å². The van der Waals surface area contributed by atoms with Crippen molar-refractivity contribution in [2.24, 2.45) is 4.99 Å². The third-order valence-corrected chi connectivity index (χ3v) is 3.62. The highest BCUT2D eigenvalue weighted by molar-refractivity contribution is 6.03. The molecule has 3 rings (SSSR count). The summed E-state index contributed by atoms with van der Waals surface area (Å²) >= 11 is 0. The molecule has 3 heteroatoms. The number of H-pyrrole nitrogens is 1. The zero-order chi connectivity index (χ0) is 14.7. The van der Waals surface area contributed by atoms with Gasteiger partial charge < -0.3 is 10.4 Å². The third kappa shape index (κ3) is 2.63. The molecule has 0 saturated heterocycles. The Kier molecular flexibility index (Phi) is 3.65. The highest BCUT2D eigenvalue weighted by Gasteiger charge is 2.08. The Balaban J connectivity index is 1.94. The summed E-state index contributed by atoms with van der Waals surface area (Å²) < 4.78 is 0. The van der Waals surface area contributed by atoms with Crippen LogP contribution in [-0.2, 0) is 0 Å². The van der Waals surface area contributed by atoms with Gasteiger partial charge in [-0.3, -0.25) is 0 Å². The quantitative estimate of drug-likeness (QED) is 0.650. The predicted octanol–water partition coefficient (Wildman–Crippen LogP) is 4.67. The van der Waals surface area contributed by atoms with Crippen molar-refractivity contribution >= 4 is 29.1 Å². The zero-order valence-electron chi connectivity index (χ0n) is 11.9. The fourth-order valence-electron chi connectivity index (χ4n) is 2.43. The zero-order valence-corrected chi connectivity index (χ0v) is 11.9. The Hall–Kier alpha value is -2.68. The lowest BCUT2D eigenvalue weighted by Gasteiger charge is -2.04. The van der Waals surface area contributed by atoms with E-state index in [9.17, 15) is 0 Å². The second-order valence-electron chi connectivity index (χ2n) is 5.05. The van der Waals surface area contributed by atoms with Crippen LogP contribution in [0, 0.1) is 5.41 Å². The smallest absolute Gasteiger partial charge is 0.139 e. The lowest BCUT2D eigenvalue weighted by atomic mass is 10.0. The predicted molar refractivity (Wildman–Crippen MR) is 89.2 cm³/mol. The number of benzene rings is 2. The second-order valence-corrected chi connectivity index (χ2v) is 5.05. The van der Waals surface area contributed by atoms with Crippen LogP contribution in [0.3, 0.4) is 0 Å². The van der Waals surface area contributed by atoms with Gasteiger partial charge in [-0.05, 0) is 11.6 Å². The topological polar surface area (TPSA) is 52.0 Å². The molecular formula is C18H17N3. The van der Waals surface area contributed by atoms with E-state index in [1.54, 1.807) is 0 Å². The minimum atomic E-state index is 0.233. The first-order valence-electron chi connectivity index (χ1n) is 7.00. The molecule has 0 amide bonds. The van der Waals surface area contributed by atoms with E-state index >= 15 is 0 Å². The number of rotatable bonds is 4. The molecule has 2 aromatic carbocycles. The molecule has 1 heterocycles. The lowest BCUT2D eigenvalue weighted by Crippen LogP contribution is -1.93. The molecule has 0 aliphatic heterocycles. The standard InChI is InChI=1S/C18H17N3/c1-13(14-7-3-2-4-8-14)12-20-18-16(11-19)15-9-5-6-10-17(15)21-18/h2-13,19,21H,1H3/b19-11?,20-12-. The van der Waals surface area contributed by atoms with Crippen molar-refractivity contribution < 1.29 is 0 Å². The van der Waals surface area contributed by atoms with Gasteiger partial charge in [0, 0.05) is 34.8 Å². The molecular weight excluding hydrogens is 258 g/mol. The van der Waals surface area contributed by atoms with Gasteiger partial charge >= 0.3 is 0 Å². The summed E-state index contributed by atoms with van der Waals surface area (Å²) in [6.07, 6.45) is 3.28. The molecule has 0 spiro atoms. The maximum atomic E-state index is 7.61. The van der Waals surface area contributed by atoms with Gasteiger partial charge in [0.25, 0.3) is 0 Å². The number of aliphatic imine (C=N–C) groups is 1. The third-order valence-electron chi connectivity index (χ3n) is 3.62. The average Bonchev–Trinajstić information content (AvgIpc) is 2.91. The van der Waals surface area contributed by atoms with Crippen molar-refractivity contribution in [3.63, 3.8) is 0 Å². The Morgan fingerprint density at radius 2 is 1.76 bits per heavy atom. The molecule has 0 aliphatic carbocycles. The fraction of sp³-hybridized carbons (Fsp3) is 0.111. The van der Waals surface area contributed by atoms with E-state index < -0.39 is 0 Å². The molecule has 3 aromatic rings. The summed E-state index contributed by atoms with van der Waals surface area (Å²) in [5.41, 5.74) is 3.08. The van der Waals surface area contributed by atoms with Crippen LogP contribution in [0.5, 0.6) is 0 Å². The number of nitrogens with zero attached hydrogens (tertiary/aromatic N) is 1. The molecule has 21 heavy (non-hydrogen) atoms. The molecule has 3 nitrogen and oxygen atoms in total. The maximum absolute atomic E-state index is 7.61. The Bertz CT molecular complexity index is 785. The molecule has 0 aliphatic rings. The highest BCUT2D eigenvalue weighted by Crippen LogP contribution is 2.27. The van der Waals surface area contributed by atoms with Crippen LogP contribution in [0.15, 0.2) is 59.6 Å². The summed E-state index contributed by atoms with van der Waals surface area (Å²) in [6.45, 7) is 2.12. The van der Waals surface area contributed by atoms with Crippen LogP contribution in [0.2, 0.25) is 0 Å². The summed E-state index contributed by atoms with van der Waals surface area (Å²) in [5.74, 6) is 0.977. The van der Waals surface area contributed by atoms with Crippen LogP contribution in [0.4, 0.5) is 5.82 Å². The number of aromatic amines is 1.